The number of benzene rings is 1. The normalized spacial score (nSPS) is 9.92. The SMILES string of the molecule is CSc1ccc(F)c(C(=O)Cl)c1. The molecule has 1 nitrogen and oxygen atoms in total. The van der Waals surface area contributed by atoms with E-state index in [1.165, 1.54) is 23.9 Å². The molecule has 0 aliphatic carbocycles. The molecule has 0 heterocycles. The van der Waals surface area contributed by atoms with Gasteiger partial charge in [0, 0.05) is 4.90 Å². The van der Waals surface area contributed by atoms with Gasteiger partial charge in [-0.1, -0.05) is 0 Å². The summed E-state index contributed by atoms with van der Waals surface area (Å²) < 4.78 is 12.8. The van der Waals surface area contributed by atoms with Gasteiger partial charge in [-0.05, 0) is 36.1 Å². The summed E-state index contributed by atoms with van der Waals surface area (Å²) in [6.45, 7) is 0. The molecular formula is C8H6ClFOS. The van der Waals surface area contributed by atoms with E-state index < -0.39 is 11.1 Å². The number of carbonyl (C=O) groups excluding carboxylic acids is 1. The monoisotopic (exact) mass is 204 g/mol. The fourth-order valence-electron chi connectivity index (χ4n) is 0.782. The number of hydrogen-bond acceptors (Lipinski definition) is 2. The van der Waals surface area contributed by atoms with E-state index in [2.05, 4.69) is 0 Å². The van der Waals surface area contributed by atoms with Crippen LogP contribution in [-0.4, -0.2) is 11.5 Å². The number of rotatable bonds is 2. The largest absolute Gasteiger partial charge is 0.275 e. The topological polar surface area (TPSA) is 17.1 Å². The van der Waals surface area contributed by atoms with Gasteiger partial charge in [-0.2, -0.15) is 0 Å². The molecule has 0 bridgehead atoms. The van der Waals surface area contributed by atoms with Gasteiger partial charge in [0.1, 0.15) is 5.82 Å². The van der Waals surface area contributed by atoms with Crippen LogP contribution in [0.4, 0.5) is 4.39 Å². The Morgan fingerprint density at radius 2 is 2.25 bits per heavy atom. The average Bonchev–Trinajstić information content (AvgIpc) is 2.05. The van der Waals surface area contributed by atoms with Crippen molar-refractivity contribution in [1.29, 1.82) is 0 Å². The maximum atomic E-state index is 12.8. The first-order valence-electron chi connectivity index (χ1n) is 3.18. The second-order valence-electron chi connectivity index (χ2n) is 2.12. The molecule has 0 aliphatic rings. The molecule has 0 unspecified atom stereocenters. The molecule has 0 spiro atoms. The first kappa shape index (κ1) is 9.55. The molecule has 0 saturated heterocycles. The minimum absolute atomic E-state index is 0.0662. The summed E-state index contributed by atoms with van der Waals surface area (Å²) in [6.07, 6.45) is 1.84. The number of halogens is 2. The van der Waals surface area contributed by atoms with Crippen molar-refractivity contribution >= 4 is 28.6 Å². The van der Waals surface area contributed by atoms with E-state index in [1.807, 2.05) is 6.26 Å². The highest BCUT2D eigenvalue weighted by Gasteiger charge is 2.08. The van der Waals surface area contributed by atoms with Crippen LogP contribution in [0.1, 0.15) is 10.4 Å². The Hall–Kier alpha value is -0.540. The summed E-state index contributed by atoms with van der Waals surface area (Å²) in [5, 5.41) is -0.761. The zero-order valence-electron chi connectivity index (χ0n) is 6.30. The summed E-state index contributed by atoms with van der Waals surface area (Å²) in [5.41, 5.74) is -0.0662. The molecule has 0 fully saturated rings. The van der Waals surface area contributed by atoms with Crippen LogP contribution in [0, 0.1) is 5.82 Å². The predicted octanol–water partition coefficient (Wildman–Crippen LogP) is 2.93. The van der Waals surface area contributed by atoms with Gasteiger partial charge in [-0.25, -0.2) is 4.39 Å². The predicted molar refractivity (Wildman–Crippen MR) is 48.4 cm³/mol. The highest BCUT2D eigenvalue weighted by atomic mass is 35.5. The lowest BCUT2D eigenvalue weighted by Gasteiger charge is -1.99. The lowest BCUT2D eigenvalue weighted by molar-refractivity contribution is 0.107. The molecule has 0 N–H and O–H groups in total. The first-order valence-corrected chi connectivity index (χ1v) is 4.79. The summed E-state index contributed by atoms with van der Waals surface area (Å²) in [4.78, 5) is 11.5. The van der Waals surface area contributed by atoms with E-state index in [9.17, 15) is 9.18 Å². The molecule has 0 atom stereocenters. The molecule has 1 aromatic carbocycles. The Bertz CT molecular complexity index is 314. The van der Waals surface area contributed by atoms with Crippen molar-refractivity contribution in [3.8, 4) is 0 Å². The molecule has 12 heavy (non-hydrogen) atoms. The fourth-order valence-corrected chi connectivity index (χ4v) is 1.37. The van der Waals surface area contributed by atoms with Crippen molar-refractivity contribution < 1.29 is 9.18 Å². The Kier molecular flexibility index (Phi) is 3.12. The lowest BCUT2D eigenvalue weighted by Crippen LogP contribution is -1.93. The van der Waals surface area contributed by atoms with Gasteiger partial charge in [-0.3, -0.25) is 4.79 Å². The fraction of sp³-hybridized carbons (Fsp3) is 0.125. The quantitative estimate of drug-likeness (QED) is 0.544. The van der Waals surface area contributed by atoms with E-state index >= 15 is 0 Å². The summed E-state index contributed by atoms with van der Waals surface area (Å²) in [7, 11) is 0. The van der Waals surface area contributed by atoms with E-state index in [0.29, 0.717) is 0 Å². The molecule has 4 heteroatoms. The minimum atomic E-state index is -0.761. The Morgan fingerprint density at radius 3 is 2.75 bits per heavy atom. The van der Waals surface area contributed by atoms with Gasteiger partial charge in [0.25, 0.3) is 5.24 Å². The molecular weight excluding hydrogens is 199 g/mol. The second-order valence-corrected chi connectivity index (χ2v) is 3.34. The van der Waals surface area contributed by atoms with Crippen molar-refractivity contribution in [2.24, 2.45) is 0 Å². The minimum Gasteiger partial charge on any atom is -0.275 e. The maximum Gasteiger partial charge on any atom is 0.255 e. The van der Waals surface area contributed by atoms with E-state index in [-0.39, 0.29) is 5.56 Å². The zero-order valence-corrected chi connectivity index (χ0v) is 7.88. The van der Waals surface area contributed by atoms with E-state index in [0.717, 1.165) is 4.90 Å². The van der Waals surface area contributed by atoms with Crippen molar-refractivity contribution in [3.05, 3.63) is 29.6 Å². The molecule has 0 amide bonds. The number of thioether (sulfide) groups is 1. The van der Waals surface area contributed by atoms with Crippen molar-refractivity contribution in [1.82, 2.24) is 0 Å². The van der Waals surface area contributed by atoms with Crippen LogP contribution in [0.2, 0.25) is 0 Å². The molecule has 1 aromatic rings. The van der Waals surface area contributed by atoms with Gasteiger partial charge in [-0.15, -0.1) is 11.8 Å². The Labute approximate surface area is 78.9 Å². The van der Waals surface area contributed by atoms with Crippen LogP contribution in [0.3, 0.4) is 0 Å². The van der Waals surface area contributed by atoms with Crippen LogP contribution < -0.4 is 0 Å². The van der Waals surface area contributed by atoms with Gasteiger partial charge < -0.3 is 0 Å². The van der Waals surface area contributed by atoms with Gasteiger partial charge in [0.15, 0.2) is 0 Å². The van der Waals surface area contributed by atoms with E-state index in [1.54, 1.807) is 6.07 Å². The van der Waals surface area contributed by atoms with Crippen LogP contribution in [0.15, 0.2) is 23.1 Å². The van der Waals surface area contributed by atoms with Crippen LogP contribution in [-0.2, 0) is 0 Å². The van der Waals surface area contributed by atoms with Gasteiger partial charge >= 0.3 is 0 Å². The summed E-state index contributed by atoms with van der Waals surface area (Å²) in [6, 6.07) is 4.28. The summed E-state index contributed by atoms with van der Waals surface area (Å²) in [5.74, 6) is -0.576. The van der Waals surface area contributed by atoms with Crippen LogP contribution in [0.25, 0.3) is 0 Å². The molecule has 64 valence electrons. The highest BCUT2D eigenvalue weighted by Crippen LogP contribution is 2.19. The number of carbonyl (C=O) groups is 1. The van der Waals surface area contributed by atoms with Gasteiger partial charge in [0.2, 0.25) is 0 Å². The van der Waals surface area contributed by atoms with E-state index in [4.69, 9.17) is 11.6 Å². The first-order chi connectivity index (χ1) is 5.65. The number of hydrogen-bond donors (Lipinski definition) is 0. The molecule has 0 aliphatic heterocycles. The second kappa shape index (κ2) is 3.92. The third-order valence-electron chi connectivity index (χ3n) is 1.39. The van der Waals surface area contributed by atoms with Gasteiger partial charge in [0.05, 0.1) is 5.56 Å². The van der Waals surface area contributed by atoms with Crippen LogP contribution >= 0.6 is 23.4 Å². The Morgan fingerprint density at radius 1 is 1.58 bits per heavy atom. The molecule has 0 radical (unpaired) electrons. The zero-order chi connectivity index (χ0) is 9.14. The Balaban J connectivity index is 3.17. The standard InChI is InChI=1S/C8H6ClFOS/c1-12-5-2-3-7(10)6(4-5)8(9)11/h2-4H,1H3. The third kappa shape index (κ3) is 1.99. The van der Waals surface area contributed by atoms with Crippen molar-refractivity contribution in [3.63, 3.8) is 0 Å². The van der Waals surface area contributed by atoms with Crippen LogP contribution in [0.5, 0.6) is 0 Å². The smallest absolute Gasteiger partial charge is 0.255 e. The summed E-state index contributed by atoms with van der Waals surface area (Å²) >= 11 is 6.58. The van der Waals surface area contributed by atoms with Crippen molar-refractivity contribution in [2.75, 3.05) is 6.26 Å². The molecule has 0 aromatic heterocycles. The molecule has 0 saturated carbocycles. The maximum absolute atomic E-state index is 12.8. The lowest BCUT2D eigenvalue weighted by atomic mass is 10.2. The average molecular weight is 205 g/mol. The highest BCUT2D eigenvalue weighted by molar-refractivity contribution is 7.98. The third-order valence-corrected chi connectivity index (χ3v) is 2.31. The van der Waals surface area contributed by atoms with Crippen molar-refractivity contribution in [2.45, 2.75) is 4.90 Å². The molecule has 1 rings (SSSR count).